The molecule has 1 aliphatic carbocycles. The Hall–Kier alpha value is -3.03. The highest BCUT2D eigenvalue weighted by atomic mass is 19.1. The Morgan fingerprint density at radius 1 is 1.13 bits per heavy atom. The third-order valence-electron chi connectivity index (χ3n) is 5.92. The number of carbonyl (C=O) groups excluding carboxylic acids is 1. The number of fused-ring (bicyclic) bond motifs is 1. The molecule has 0 atom stereocenters. The van der Waals surface area contributed by atoms with Crippen molar-refractivity contribution in [2.75, 3.05) is 19.7 Å². The number of amides is 1. The zero-order valence-corrected chi connectivity index (χ0v) is 16.9. The van der Waals surface area contributed by atoms with E-state index in [1.165, 1.54) is 25.0 Å². The number of ether oxygens (including phenoxy) is 1. The summed E-state index contributed by atoms with van der Waals surface area (Å²) < 4.78 is 21.1. The van der Waals surface area contributed by atoms with Gasteiger partial charge in [0.05, 0.1) is 24.2 Å². The van der Waals surface area contributed by atoms with Crippen LogP contribution in [0.15, 0.2) is 30.5 Å². The van der Waals surface area contributed by atoms with Crippen LogP contribution in [-0.2, 0) is 0 Å². The lowest BCUT2D eigenvalue weighted by atomic mass is 9.97. The van der Waals surface area contributed by atoms with Crippen molar-refractivity contribution in [1.82, 2.24) is 24.5 Å². The summed E-state index contributed by atoms with van der Waals surface area (Å²) in [7, 11) is 0. The van der Waals surface area contributed by atoms with Gasteiger partial charge in [-0.2, -0.15) is 0 Å². The van der Waals surface area contributed by atoms with Crippen LogP contribution >= 0.6 is 0 Å². The summed E-state index contributed by atoms with van der Waals surface area (Å²) in [5, 5.41) is 4.52. The number of hydrogen-bond donors (Lipinski definition) is 0. The van der Waals surface area contributed by atoms with Crippen molar-refractivity contribution in [3.63, 3.8) is 0 Å². The molecule has 1 saturated carbocycles. The number of aryl methyl sites for hydroxylation is 1. The molecule has 3 aromatic heterocycles. The maximum absolute atomic E-state index is 13.4. The summed E-state index contributed by atoms with van der Waals surface area (Å²) in [6, 6.07) is 6.55. The van der Waals surface area contributed by atoms with E-state index in [1.807, 2.05) is 18.3 Å². The van der Waals surface area contributed by atoms with Gasteiger partial charge in [0.2, 0.25) is 5.88 Å². The predicted molar refractivity (Wildman–Crippen MR) is 108 cm³/mol. The number of halogens is 1. The average Bonchev–Trinajstić information content (AvgIpc) is 3.53. The summed E-state index contributed by atoms with van der Waals surface area (Å²) in [6.07, 6.45) is 6.13. The molecule has 0 aromatic carbocycles. The van der Waals surface area contributed by atoms with Crippen molar-refractivity contribution in [2.24, 2.45) is 5.92 Å². The minimum Gasteiger partial charge on any atom is -0.476 e. The van der Waals surface area contributed by atoms with Crippen molar-refractivity contribution >= 4 is 11.6 Å². The molecule has 30 heavy (non-hydrogen) atoms. The molecule has 156 valence electrons. The first-order valence-corrected chi connectivity index (χ1v) is 10.5. The SMILES string of the molecule is Cc1nc(C(=O)N2CCC(COc3ccc4nc(C5CC5)cn4n3)CC2)ccc1F. The highest BCUT2D eigenvalue weighted by Crippen LogP contribution is 2.39. The number of aromatic nitrogens is 4. The second kappa shape index (κ2) is 7.66. The van der Waals surface area contributed by atoms with Crippen molar-refractivity contribution in [3.05, 3.63) is 53.4 Å². The van der Waals surface area contributed by atoms with Gasteiger partial charge in [-0.3, -0.25) is 4.79 Å². The number of nitrogens with zero attached hydrogens (tertiary/aromatic N) is 5. The van der Waals surface area contributed by atoms with E-state index in [2.05, 4.69) is 15.1 Å². The summed E-state index contributed by atoms with van der Waals surface area (Å²) >= 11 is 0. The maximum atomic E-state index is 13.4. The molecule has 0 N–H and O–H groups in total. The molecule has 2 aliphatic rings. The van der Waals surface area contributed by atoms with Crippen molar-refractivity contribution < 1.29 is 13.9 Å². The van der Waals surface area contributed by atoms with Crippen LogP contribution in [0.25, 0.3) is 5.65 Å². The minimum atomic E-state index is -0.395. The van der Waals surface area contributed by atoms with Gasteiger partial charge in [-0.1, -0.05) is 0 Å². The van der Waals surface area contributed by atoms with Crippen LogP contribution in [0.2, 0.25) is 0 Å². The highest BCUT2D eigenvalue weighted by molar-refractivity contribution is 5.92. The number of piperidine rings is 1. The molecule has 1 saturated heterocycles. The standard InChI is InChI=1S/C22H24FN5O2/c1-14-17(23)4-5-18(24-14)22(29)27-10-8-15(9-11-27)13-30-21-7-6-20-25-19(16-2-3-16)12-28(20)26-21/h4-7,12,15-16H,2-3,8-11,13H2,1H3. The molecule has 0 radical (unpaired) electrons. The van der Waals surface area contributed by atoms with Crippen LogP contribution in [0.5, 0.6) is 5.88 Å². The van der Waals surface area contributed by atoms with E-state index in [4.69, 9.17) is 4.74 Å². The van der Waals surface area contributed by atoms with Gasteiger partial charge < -0.3 is 9.64 Å². The van der Waals surface area contributed by atoms with Crippen LogP contribution in [0.3, 0.4) is 0 Å². The monoisotopic (exact) mass is 409 g/mol. The topological polar surface area (TPSA) is 72.6 Å². The van der Waals surface area contributed by atoms with E-state index < -0.39 is 5.82 Å². The Bertz CT molecular complexity index is 1090. The van der Waals surface area contributed by atoms with Crippen LogP contribution in [-0.4, -0.2) is 50.1 Å². The second-order valence-corrected chi connectivity index (χ2v) is 8.22. The van der Waals surface area contributed by atoms with E-state index in [0.717, 1.165) is 24.2 Å². The Labute approximate surface area is 173 Å². The Morgan fingerprint density at radius 3 is 2.67 bits per heavy atom. The van der Waals surface area contributed by atoms with Gasteiger partial charge in [-0.25, -0.2) is 18.9 Å². The first-order chi connectivity index (χ1) is 14.6. The molecule has 1 amide bonds. The lowest BCUT2D eigenvalue weighted by Crippen LogP contribution is -2.40. The van der Waals surface area contributed by atoms with E-state index in [9.17, 15) is 9.18 Å². The summed E-state index contributed by atoms with van der Waals surface area (Å²) in [5.74, 6) is 1.01. The lowest BCUT2D eigenvalue weighted by molar-refractivity contribution is 0.0652. The zero-order chi connectivity index (χ0) is 20.7. The summed E-state index contributed by atoms with van der Waals surface area (Å²) in [5.41, 5.74) is 2.51. The van der Waals surface area contributed by atoms with E-state index in [-0.39, 0.29) is 11.6 Å². The zero-order valence-electron chi connectivity index (χ0n) is 16.9. The predicted octanol–water partition coefficient (Wildman–Crippen LogP) is 3.38. The number of pyridine rings is 1. The van der Waals surface area contributed by atoms with E-state index >= 15 is 0 Å². The average molecular weight is 409 g/mol. The second-order valence-electron chi connectivity index (χ2n) is 8.22. The Kier molecular flexibility index (Phi) is 4.84. The van der Waals surface area contributed by atoms with Gasteiger partial charge in [0.15, 0.2) is 5.65 Å². The molecule has 0 bridgehead atoms. The fraction of sp³-hybridized carbons (Fsp3) is 0.455. The number of rotatable bonds is 5. The Balaban J connectivity index is 1.15. The third-order valence-corrected chi connectivity index (χ3v) is 5.92. The molecule has 3 aromatic rings. The smallest absolute Gasteiger partial charge is 0.272 e. The fourth-order valence-corrected chi connectivity index (χ4v) is 3.87. The Morgan fingerprint density at radius 2 is 1.93 bits per heavy atom. The molecule has 0 unspecified atom stereocenters. The summed E-state index contributed by atoms with van der Waals surface area (Å²) in [6.45, 7) is 3.42. The van der Waals surface area contributed by atoms with Crippen LogP contribution in [0.1, 0.15) is 53.5 Å². The van der Waals surface area contributed by atoms with Gasteiger partial charge in [0, 0.05) is 25.1 Å². The van der Waals surface area contributed by atoms with Crippen molar-refractivity contribution in [2.45, 2.75) is 38.5 Å². The lowest BCUT2D eigenvalue weighted by Gasteiger charge is -2.31. The molecule has 2 fully saturated rings. The summed E-state index contributed by atoms with van der Waals surface area (Å²) in [4.78, 5) is 23.1. The number of hydrogen-bond acceptors (Lipinski definition) is 5. The first kappa shape index (κ1) is 19.0. The van der Waals surface area contributed by atoms with Crippen molar-refractivity contribution in [3.8, 4) is 5.88 Å². The minimum absolute atomic E-state index is 0.142. The molecular formula is C22H24FN5O2. The molecule has 7 nitrogen and oxygen atoms in total. The third kappa shape index (κ3) is 3.86. The quantitative estimate of drug-likeness (QED) is 0.646. The highest BCUT2D eigenvalue weighted by Gasteiger charge is 2.27. The molecule has 8 heteroatoms. The molecule has 0 spiro atoms. The van der Waals surface area contributed by atoms with Crippen LogP contribution < -0.4 is 4.74 Å². The largest absolute Gasteiger partial charge is 0.476 e. The maximum Gasteiger partial charge on any atom is 0.272 e. The van der Waals surface area contributed by atoms with E-state index in [1.54, 1.807) is 16.3 Å². The normalized spacial score (nSPS) is 17.5. The molecular weight excluding hydrogens is 385 g/mol. The van der Waals surface area contributed by atoms with Gasteiger partial charge in [0.1, 0.15) is 11.5 Å². The number of carbonyl (C=O) groups is 1. The van der Waals surface area contributed by atoms with Gasteiger partial charge in [-0.15, -0.1) is 5.10 Å². The molecule has 1 aliphatic heterocycles. The first-order valence-electron chi connectivity index (χ1n) is 10.5. The van der Waals surface area contributed by atoms with Gasteiger partial charge >= 0.3 is 0 Å². The fourth-order valence-electron chi connectivity index (χ4n) is 3.87. The van der Waals surface area contributed by atoms with Crippen LogP contribution in [0.4, 0.5) is 4.39 Å². The molecule has 5 rings (SSSR count). The van der Waals surface area contributed by atoms with Crippen LogP contribution in [0, 0.1) is 18.7 Å². The van der Waals surface area contributed by atoms with Gasteiger partial charge in [0.25, 0.3) is 5.91 Å². The van der Waals surface area contributed by atoms with Gasteiger partial charge in [-0.05, 0) is 56.7 Å². The number of likely N-dealkylation sites (tertiary alicyclic amines) is 1. The molecule has 4 heterocycles. The van der Waals surface area contributed by atoms with Crippen molar-refractivity contribution in [1.29, 1.82) is 0 Å². The van der Waals surface area contributed by atoms with E-state index in [0.29, 0.717) is 43.1 Å². The number of imidazole rings is 1.